The highest BCUT2D eigenvalue weighted by Gasteiger charge is 2.37. The molecule has 192 valence electrons. The van der Waals surface area contributed by atoms with Crippen LogP contribution in [0, 0.1) is 22.7 Å². The summed E-state index contributed by atoms with van der Waals surface area (Å²) in [5.41, 5.74) is -1.89. The predicted octanol–water partition coefficient (Wildman–Crippen LogP) is 4.63. The number of halogens is 4. The number of anilines is 1. The van der Waals surface area contributed by atoms with Crippen molar-refractivity contribution in [3.05, 3.63) is 41.6 Å². The zero-order valence-corrected chi connectivity index (χ0v) is 21.0. The van der Waals surface area contributed by atoms with E-state index >= 15 is 0 Å². The predicted molar refractivity (Wildman–Crippen MR) is 129 cm³/mol. The molecular formula is C23H30ClF3N6O2. The number of urea groups is 1. The van der Waals surface area contributed by atoms with Crippen LogP contribution in [0.15, 0.2) is 36.0 Å². The number of rotatable bonds is 6. The number of alkyl halides is 3. The summed E-state index contributed by atoms with van der Waals surface area (Å²) in [5, 5.41) is 22.9. The average molecular weight is 515 g/mol. The fourth-order valence-electron chi connectivity index (χ4n) is 3.73. The average Bonchev–Trinajstić information content (AvgIpc) is 2.99. The van der Waals surface area contributed by atoms with Crippen molar-refractivity contribution in [2.45, 2.75) is 58.8 Å². The smallest absolute Gasteiger partial charge is 0.331 e. The lowest BCUT2D eigenvalue weighted by atomic mass is 10.0. The Balaban J connectivity index is 0.00000612. The van der Waals surface area contributed by atoms with Crippen molar-refractivity contribution >= 4 is 36.0 Å². The monoisotopic (exact) mass is 514 g/mol. The molecule has 0 aliphatic carbocycles. The van der Waals surface area contributed by atoms with Gasteiger partial charge in [0, 0.05) is 17.9 Å². The molecule has 0 aromatic heterocycles. The summed E-state index contributed by atoms with van der Waals surface area (Å²) >= 11 is 0. The molecule has 0 spiro atoms. The molecule has 3 amide bonds. The van der Waals surface area contributed by atoms with Crippen LogP contribution >= 0.6 is 12.4 Å². The molecule has 1 aromatic rings. The second kappa shape index (κ2) is 11.4. The van der Waals surface area contributed by atoms with E-state index in [4.69, 9.17) is 5.41 Å². The highest BCUT2D eigenvalue weighted by atomic mass is 35.5. The fraction of sp³-hybridized carbons (Fsp3) is 0.478. The van der Waals surface area contributed by atoms with Crippen molar-refractivity contribution in [3.8, 4) is 6.07 Å². The Kier molecular flexibility index (Phi) is 9.74. The fourth-order valence-corrected chi connectivity index (χ4v) is 3.73. The van der Waals surface area contributed by atoms with Crippen molar-refractivity contribution < 1.29 is 22.8 Å². The van der Waals surface area contributed by atoms with Crippen molar-refractivity contribution in [2.24, 2.45) is 5.92 Å². The zero-order valence-electron chi connectivity index (χ0n) is 20.2. The molecule has 1 aliphatic rings. The Morgan fingerprint density at radius 2 is 2.00 bits per heavy atom. The van der Waals surface area contributed by atoms with Crippen LogP contribution < -0.4 is 15.5 Å². The van der Waals surface area contributed by atoms with E-state index in [1.165, 1.54) is 12.1 Å². The minimum atomic E-state index is -4.60. The molecule has 0 bridgehead atoms. The number of hydrogen-bond acceptors (Lipinski definition) is 4. The van der Waals surface area contributed by atoms with E-state index in [0.29, 0.717) is 6.42 Å². The van der Waals surface area contributed by atoms with Gasteiger partial charge in [-0.15, -0.1) is 12.4 Å². The summed E-state index contributed by atoms with van der Waals surface area (Å²) in [4.78, 5) is 27.6. The van der Waals surface area contributed by atoms with Gasteiger partial charge in [-0.25, -0.2) is 4.79 Å². The summed E-state index contributed by atoms with van der Waals surface area (Å²) < 4.78 is 39.8. The van der Waals surface area contributed by atoms with Gasteiger partial charge in [0.1, 0.15) is 11.6 Å². The normalized spacial score (nSPS) is 16.2. The van der Waals surface area contributed by atoms with E-state index in [-0.39, 0.29) is 36.5 Å². The number of hydrogen-bond donors (Lipinski definition) is 3. The van der Waals surface area contributed by atoms with Crippen molar-refractivity contribution in [1.29, 1.82) is 10.7 Å². The number of nitrogens with one attached hydrogen (secondary N) is 3. The minimum Gasteiger partial charge on any atom is -0.331 e. The van der Waals surface area contributed by atoms with Crippen molar-refractivity contribution in [3.63, 3.8) is 0 Å². The molecule has 35 heavy (non-hydrogen) atoms. The molecule has 2 rings (SSSR count). The Bertz CT molecular complexity index is 1030. The van der Waals surface area contributed by atoms with Crippen LogP contribution in [-0.4, -0.2) is 40.9 Å². The third kappa shape index (κ3) is 7.62. The molecule has 8 nitrogen and oxygen atoms in total. The number of carbonyl (C=O) groups is 2. The number of benzene rings is 1. The van der Waals surface area contributed by atoms with Gasteiger partial charge in [-0.1, -0.05) is 19.9 Å². The van der Waals surface area contributed by atoms with Crippen LogP contribution in [-0.2, 0) is 11.0 Å². The highest BCUT2D eigenvalue weighted by molar-refractivity contribution is 6.09. The standard InChI is InChI=1S/C23H29F3N6O2.ClH/c1-14(2)9-15(3)32(18-8-6-7-17(10-18)23(24,25)26)19(33)16(11-27)12-29-20(28)31-13-22(4,5)30-21(31)34;/h6-8,10,12,14-15H,9,13H2,1-5H3,(H2,28,29)(H,30,34);1H. The molecule has 1 aliphatic heterocycles. The third-order valence-corrected chi connectivity index (χ3v) is 5.14. The first-order valence-electron chi connectivity index (χ1n) is 10.7. The summed E-state index contributed by atoms with van der Waals surface area (Å²) in [5.74, 6) is -1.03. The van der Waals surface area contributed by atoms with Gasteiger partial charge < -0.3 is 15.5 Å². The van der Waals surface area contributed by atoms with E-state index in [1.54, 1.807) is 26.8 Å². The van der Waals surface area contributed by atoms with Crippen LogP contribution in [0.3, 0.4) is 0 Å². The van der Waals surface area contributed by atoms with Gasteiger partial charge in [0.25, 0.3) is 5.91 Å². The number of guanidine groups is 1. The van der Waals surface area contributed by atoms with E-state index in [2.05, 4.69) is 10.6 Å². The first-order chi connectivity index (χ1) is 15.7. The largest absolute Gasteiger partial charge is 0.416 e. The molecule has 0 radical (unpaired) electrons. The molecule has 1 aromatic carbocycles. The summed E-state index contributed by atoms with van der Waals surface area (Å²) in [7, 11) is 0. The first-order valence-corrected chi connectivity index (χ1v) is 10.7. The lowest BCUT2D eigenvalue weighted by Gasteiger charge is -2.31. The second-order valence-electron chi connectivity index (χ2n) is 9.26. The molecule has 1 heterocycles. The van der Waals surface area contributed by atoms with Gasteiger partial charge in [-0.2, -0.15) is 18.4 Å². The van der Waals surface area contributed by atoms with Gasteiger partial charge in [-0.05, 0) is 51.3 Å². The van der Waals surface area contributed by atoms with E-state index in [0.717, 1.165) is 28.1 Å². The molecule has 12 heteroatoms. The number of nitrogens with zero attached hydrogens (tertiary/aromatic N) is 3. The quantitative estimate of drug-likeness (QED) is 0.222. The van der Waals surface area contributed by atoms with Gasteiger partial charge in [0.05, 0.1) is 17.6 Å². The van der Waals surface area contributed by atoms with Gasteiger partial charge in [-0.3, -0.25) is 15.1 Å². The maximum Gasteiger partial charge on any atom is 0.416 e. The van der Waals surface area contributed by atoms with Crippen LogP contribution in [0.25, 0.3) is 0 Å². The molecule has 1 fully saturated rings. The number of carbonyl (C=O) groups excluding carboxylic acids is 2. The Morgan fingerprint density at radius 1 is 1.37 bits per heavy atom. The van der Waals surface area contributed by atoms with Crippen LogP contribution in [0.2, 0.25) is 0 Å². The van der Waals surface area contributed by atoms with Gasteiger partial charge >= 0.3 is 12.2 Å². The number of amides is 3. The summed E-state index contributed by atoms with van der Waals surface area (Å²) in [6.07, 6.45) is -3.13. The topological polar surface area (TPSA) is 112 Å². The van der Waals surface area contributed by atoms with Gasteiger partial charge in [0.2, 0.25) is 5.96 Å². The minimum absolute atomic E-state index is 0. The van der Waals surface area contributed by atoms with Gasteiger partial charge in [0.15, 0.2) is 0 Å². The molecular weight excluding hydrogens is 485 g/mol. The molecule has 1 saturated heterocycles. The first kappa shape index (κ1) is 29.8. The third-order valence-electron chi connectivity index (χ3n) is 5.14. The lowest BCUT2D eigenvalue weighted by Crippen LogP contribution is -2.42. The molecule has 3 N–H and O–H groups in total. The van der Waals surface area contributed by atoms with Crippen LogP contribution in [0.5, 0.6) is 0 Å². The van der Waals surface area contributed by atoms with E-state index in [1.807, 2.05) is 13.8 Å². The Hall–Kier alpha value is -3.26. The zero-order chi connectivity index (χ0) is 25.8. The maximum absolute atomic E-state index is 13.3. The maximum atomic E-state index is 13.3. The van der Waals surface area contributed by atoms with Crippen LogP contribution in [0.4, 0.5) is 23.7 Å². The van der Waals surface area contributed by atoms with Crippen molar-refractivity contribution in [2.75, 3.05) is 11.4 Å². The summed E-state index contributed by atoms with van der Waals surface area (Å²) in [6, 6.07) is 5.09. The lowest BCUT2D eigenvalue weighted by molar-refractivity contribution is -0.137. The molecule has 1 atom stereocenters. The Morgan fingerprint density at radius 3 is 2.49 bits per heavy atom. The summed E-state index contributed by atoms with van der Waals surface area (Å²) in [6.45, 7) is 9.28. The molecule has 0 saturated carbocycles. The number of nitriles is 1. The molecule has 1 unspecified atom stereocenters. The van der Waals surface area contributed by atoms with E-state index < -0.39 is 40.8 Å². The SMILES string of the molecule is CC(C)CC(C)N(C(=O)C(C#N)=CNC(=N)N1CC(C)(C)NC1=O)c1cccc(C(F)(F)F)c1.Cl. The Labute approximate surface area is 209 Å². The van der Waals surface area contributed by atoms with Crippen LogP contribution in [0.1, 0.15) is 46.6 Å². The second-order valence-corrected chi connectivity index (χ2v) is 9.26. The van der Waals surface area contributed by atoms with Crippen molar-refractivity contribution in [1.82, 2.24) is 15.5 Å². The highest BCUT2D eigenvalue weighted by Crippen LogP contribution is 2.33. The van der Waals surface area contributed by atoms with E-state index in [9.17, 15) is 28.0 Å².